The van der Waals surface area contributed by atoms with Crippen molar-refractivity contribution >= 4 is 5.91 Å². The molecule has 0 spiro atoms. The Labute approximate surface area is 120 Å². The fraction of sp³-hybridized carbons (Fsp3) is 0.471. The molecule has 1 amide bonds. The molecule has 0 radical (unpaired) electrons. The van der Waals surface area contributed by atoms with E-state index in [1.54, 1.807) is 19.1 Å². The average molecular weight is 273 g/mol. The highest BCUT2D eigenvalue weighted by molar-refractivity contribution is 5.93. The van der Waals surface area contributed by atoms with Crippen LogP contribution in [-0.2, 0) is 11.3 Å². The van der Waals surface area contributed by atoms with Crippen LogP contribution in [0.3, 0.4) is 0 Å². The number of halogens is 1. The molecule has 0 heterocycles. The lowest BCUT2D eigenvalue weighted by atomic mass is 9.93. The average Bonchev–Trinajstić information content (AvgIpc) is 2.48. The molecule has 0 saturated heterocycles. The van der Waals surface area contributed by atoms with Gasteiger partial charge in [-0.3, -0.25) is 4.79 Å². The summed E-state index contributed by atoms with van der Waals surface area (Å²) in [6.07, 6.45) is 5.65. The van der Waals surface area contributed by atoms with E-state index >= 15 is 0 Å². The highest BCUT2D eigenvalue weighted by Gasteiger charge is 2.24. The zero-order valence-corrected chi connectivity index (χ0v) is 11.9. The van der Waals surface area contributed by atoms with Gasteiger partial charge < -0.3 is 4.90 Å². The maximum Gasteiger partial charge on any atom is 0.299 e. The van der Waals surface area contributed by atoms with Crippen LogP contribution in [0.25, 0.3) is 0 Å². The summed E-state index contributed by atoms with van der Waals surface area (Å²) in [6.45, 7) is 2.19. The minimum atomic E-state index is -0.252. The normalized spacial score (nSPS) is 15.3. The standard InChI is InChI=1S/C17H20FNO/c1-2-6-17(20)19(16-7-4-3-5-8-16)13-14-9-11-15(18)12-10-14/h9-12,16H,3-5,7-8,13H2,1H3. The summed E-state index contributed by atoms with van der Waals surface area (Å²) in [4.78, 5) is 14.0. The molecule has 0 bridgehead atoms. The molecule has 2 rings (SSSR count). The predicted octanol–water partition coefficient (Wildman–Crippen LogP) is 3.51. The number of hydrogen-bond acceptors (Lipinski definition) is 1. The zero-order valence-electron chi connectivity index (χ0n) is 11.9. The molecule has 1 fully saturated rings. The van der Waals surface area contributed by atoms with E-state index in [0.717, 1.165) is 31.2 Å². The van der Waals surface area contributed by atoms with Crippen molar-refractivity contribution in [3.63, 3.8) is 0 Å². The monoisotopic (exact) mass is 273 g/mol. The Bertz CT molecular complexity index is 506. The van der Waals surface area contributed by atoms with Crippen molar-refractivity contribution in [3.05, 3.63) is 35.6 Å². The van der Waals surface area contributed by atoms with E-state index in [4.69, 9.17) is 0 Å². The van der Waals surface area contributed by atoms with Crippen molar-refractivity contribution in [2.24, 2.45) is 0 Å². The topological polar surface area (TPSA) is 20.3 Å². The highest BCUT2D eigenvalue weighted by Crippen LogP contribution is 2.24. The van der Waals surface area contributed by atoms with Gasteiger partial charge in [-0.25, -0.2) is 4.39 Å². The Morgan fingerprint density at radius 2 is 1.90 bits per heavy atom. The SMILES string of the molecule is CC#CC(=O)N(Cc1ccc(F)cc1)C1CCCCC1. The minimum absolute atomic E-state index is 0.122. The summed E-state index contributed by atoms with van der Waals surface area (Å²) < 4.78 is 13.0. The molecule has 1 saturated carbocycles. The second kappa shape index (κ2) is 7.09. The molecule has 0 unspecified atom stereocenters. The fourth-order valence-corrected chi connectivity index (χ4v) is 2.72. The smallest absolute Gasteiger partial charge is 0.299 e. The van der Waals surface area contributed by atoms with Gasteiger partial charge in [0.25, 0.3) is 5.91 Å². The molecule has 20 heavy (non-hydrogen) atoms. The van der Waals surface area contributed by atoms with Crippen LogP contribution >= 0.6 is 0 Å². The number of benzene rings is 1. The van der Waals surface area contributed by atoms with Gasteiger partial charge in [-0.1, -0.05) is 37.3 Å². The van der Waals surface area contributed by atoms with Crippen LogP contribution in [0.5, 0.6) is 0 Å². The van der Waals surface area contributed by atoms with E-state index in [0.29, 0.717) is 6.54 Å². The lowest BCUT2D eigenvalue weighted by molar-refractivity contribution is -0.128. The lowest BCUT2D eigenvalue weighted by Gasteiger charge is -2.33. The van der Waals surface area contributed by atoms with Gasteiger partial charge in [0.2, 0.25) is 0 Å². The molecule has 1 aliphatic carbocycles. The first-order valence-corrected chi connectivity index (χ1v) is 7.18. The summed E-state index contributed by atoms with van der Waals surface area (Å²) >= 11 is 0. The molecule has 1 aromatic carbocycles. The van der Waals surface area contributed by atoms with E-state index < -0.39 is 0 Å². The predicted molar refractivity (Wildman–Crippen MR) is 77.3 cm³/mol. The second-order valence-electron chi connectivity index (χ2n) is 5.23. The Kier molecular flexibility index (Phi) is 5.17. The fourth-order valence-electron chi connectivity index (χ4n) is 2.72. The minimum Gasteiger partial charge on any atom is -0.325 e. The first-order chi connectivity index (χ1) is 9.70. The third-order valence-corrected chi connectivity index (χ3v) is 3.77. The first kappa shape index (κ1) is 14.6. The van der Waals surface area contributed by atoms with Crippen LogP contribution < -0.4 is 0 Å². The second-order valence-corrected chi connectivity index (χ2v) is 5.23. The van der Waals surface area contributed by atoms with Gasteiger partial charge in [0.1, 0.15) is 5.82 Å². The van der Waals surface area contributed by atoms with E-state index in [2.05, 4.69) is 11.8 Å². The quantitative estimate of drug-likeness (QED) is 0.772. The number of carbonyl (C=O) groups is 1. The van der Waals surface area contributed by atoms with Crippen LogP contribution in [0, 0.1) is 17.7 Å². The summed E-state index contributed by atoms with van der Waals surface area (Å²) in [5.74, 6) is 4.94. The van der Waals surface area contributed by atoms with Crippen LogP contribution in [0.15, 0.2) is 24.3 Å². The molecular weight excluding hydrogens is 253 g/mol. The van der Waals surface area contributed by atoms with Crippen molar-refractivity contribution in [2.45, 2.75) is 51.6 Å². The largest absolute Gasteiger partial charge is 0.325 e. The Balaban J connectivity index is 2.14. The maximum atomic E-state index is 13.0. The molecule has 0 atom stereocenters. The van der Waals surface area contributed by atoms with Crippen molar-refractivity contribution in [2.75, 3.05) is 0 Å². The molecule has 1 aliphatic rings. The van der Waals surface area contributed by atoms with E-state index in [1.807, 2.05) is 4.90 Å². The van der Waals surface area contributed by atoms with Crippen LogP contribution in [0.1, 0.15) is 44.6 Å². The van der Waals surface area contributed by atoms with Crippen LogP contribution in [0.4, 0.5) is 4.39 Å². The molecule has 2 nitrogen and oxygen atoms in total. The number of nitrogens with zero attached hydrogens (tertiary/aromatic N) is 1. The zero-order chi connectivity index (χ0) is 14.4. The van der Waals surface area contributed by atoms with E-state index in [9.17, 15) is 9.18 Å². The first-order valence-electron chi connectivity index (χ1n) is 7.18. The highest BCUT2D eigenvalue weighted by atomic mass is 19.1. The lowest BCUT2D eigenvalue weighted by Crippen LogP contribution is -2.40. The summed E-state index contributed by atoms with van der Waals surface area (Å²) in [5.41, 5.74) is 0.947. The molecule has 3 heteroatoms. The number of carbonyl (C=O) groups excluding carboxylic acids is 1. The Morgan fingerprint density at radius 1 is 1.25 bits per heavy atom. The van der Waals surface area contributed by atoms with Gasteiger partial charge in [-0.2, -0.15) is 0 Å². The molecule has 1 aromatic rings. The van der Waals surface area contributed by atoms with Gasteiger partial charge in [0, 0.05) is 12.6 Å². The summed E-state index contributed by atoms with van der Waals surface area (Å²) in [7, 11) is 0. The number of hydrogen-bond donors (Lipinski definition) is 0. The van der Waals surface area contributed by atoms with Gasteiger partial charge in [-0.05, 0) is 43.4 Å². The van der Waals surface area contributed by atoms with Crippen LogP contribution in [0.2, 0.25) is 0 Å². The van der Waals surface area contributed by atoms with Gasteiger partial charge in [0.15, 0.2) is 0 Å². The molecule has 106 valence electrons. The molecule has 0 aromatic heterocycles. The van der Waals surface area contributed by atoms with Crippen molar-refractivity contribution < 1.29 is 9.18 Å². The van der Waals surface area contributed by atoms with E-state index in [1.165, 1.54) is 18.6 Å². The third kappa shape index (κ3) is 3.84. The Hall–Kier alpha value is -1.82. The maximum absolute atomic E-state index is 13.0. The van der Waals surface area contributed by atoms with Gasteiger partial charge >= 0.3 is 0 Å². The summed E-state index contributed by atoms with van der Waals surface area (Å²) in [6, 6.07) is 6.60. The van der Waals surface area contributed by atoms with E-state index in [-0.39, 0.29) is 17.8 Å². The van der Waals surface area contributed by atoms with Gasteiger partial charge in [-0.15, -0.1) is 0 Å². The third-order valence-electron chi connectivity index (χ3n) is 3.77. The Morgan fingerprint density at radius 3 is 2.50 bits per heavy atom. The van der Waals surface area contributed by atoms with Crippen molar-refractivity contribution in [1.82, 2.24) is 4.90 Å². The van der Waals surface area contributed by atoms with Crippen LogP contribution in [-0.4, -0.2) is 16.8 Å². The molecular formula is C17H20FNO. The molecule has 0 aliphatic heterocycles. The molecule has 0 N–H and O–H groups in total. The number of rotatable bonds is 3. The van der Waals surface area contributed by atoms with Crippen molar-refractivity contribution in [1.29, 1.82) is 0 Å². The van der Waals surface area contributed by atoms with Crippen molar-refractivity contribution in [3.8, 4) is 11.8 Å². The number of amides is 1. The van der Waals surface area contributed by atoms with Gasteiger partial charge in [0.05, 0.1) is 0 Å². The summed E-state index contributed by atoms with van der Waals surface area (Å²) in [5, 5.41) is 0.